The van der Waals surface area contributed by atoms with Crippen LogP contribution < -0.4 is 4.74 Å². The number of benzene rings is 3. The van der Waals surface area contributed by atoms with Crippen molar-refractivity contribution in [3.8, 4) is 5.75 Å². The first-order valence-electron chi connectivity index (χ1n) is 13.4. The predicted molar refractivity (Wildman–Crippen MR) is 155 cm³/mol. The molecule has 202 valence electrons. The lowest BCUT2D eigenvalue weighted by atomic mass is 9.93. The summed E-state index contributed by atoms with van der Waals surface area (Å²) in [5.74, 6) is -0.583. The molecule has 1 saturated heterocycles. The average molecular weight is 533 g/mol. The fourth-order valence-corrected chi connectivity index (χ4v) is 4.94. The van der Waals surface area contributed by atoms with Crippen molar-refractivity contribution in [2.45, 2.75) is 45.9 Å². The van der Waals surface area contributed by atoms with Crippen molar-refractivity contribution in [3.63, 3.8) is 0 Å². The molecule has 0 aliphatic carbocycles. The summed E-state index contributed by atoms with van der Waals surface area (Å²) >= 11 is 0. The Morgan fingerprint density at radius 2 is 1.60 bits per heavy atom. The molecule has 1 aliphatic heterocycles. The van der Waals surface area contributed by atoms with E-state index in [1.165, 1.54) is 4.90 Å². The standard InChI is InChI=1S/C34H32N2O4/c1-22(2)25-8-10-26(11-9-25)31-30(33(38)34(39)36(31)20-24-16-18-35-19-17-24)32(37)27-12-14-29(15-13-27)40-21-28-7-5-4-6-23(28)3/h4-19,22,31,37H,20-21H2,1-3H3. The molecular weight excluding hydrogens is 500 g/mol. The first kappa shape index (κ1) is 26.9. The lowest BCUT2D eigenvalue weighted by Gasteiger charge is -2.25. The summed E-state index contributed by atoms with van der Waals surface area (Å²) in [7, 11) is 0. The van der Waals surface area contributed by atoms with Gasteiger partial charge in [-0.25, -0.2) is 0 Å². The molecule has 1 unspecified atom stereocenters. The summed E-state index contributed by atoms with van der Waals surface area (Å²) < 4.78 is 5.94. The number of carbonyl (C=O) groups excluding carboxylic acids is 2. The van der Waals surface area contributed by atoms with Crippen LogP contribution in [-0.4, -0.2) is 26.7 Å². The molecule has 3 aromatic carbocycles. The van der Waals surface area contributed by atoms with Gasteiger partial charge in [0.05, 0.1) is 11.6 Å². The molecule has 1 fully saturated rings. The van der Waals surface area contributed by atoms with Gasteiger partial charge >= 0.3 is 0 Å². The van der Waals surface area contributed by atoms with Crippen molar-refractivity contribution in [1.82, 2.24) is 9.88 Å². The number of Topliss-reactive ketones (excluding diaryl/α,β-unsaturated/α-hetero) is 1. The smallest absolute Gasteiger partial charge is 0.295 e. The number of aryl methyl sites for hydroxylation is 1. The van der Waals surface area contributed by atoms with Gasteiger partial charge in [0.15, 0.2) is 0 Å². The molecule has 1 aromatic heterocycles. The van der Waals surface area contributed by atoms with E-state index < -0.39 is 17.7 Å². The molecular formula is C34H32N2O4. The second-order valence-corrected chi connectivity index (χ2v) is 10.3. The highest BCUT2D eigenvalue weighted by atomic mass is 16.5. The number of aliphatic hydroxyl groups is 1. The van der Waals surface area contributed by atoms with Crippen LogP contribution in [0.25, 0.3) is 5.76 Å². The number of amides is 1. The first-order valence-corrected chi connectivity index (χ1v) is 13.4. The van der Waals surface area contributed by atoms with Crippen LogP contribution in [0.5, 0.6) is 5.75 Å². The third kappa shape index (κ3) is 5.52. The van der Waals surface area contributed by atoms with Gasteiger partial charge in [-0.1, -0.05) is 62.4 Å². The molecule has 1 N–H and O–H groups in total. The number of ketones is 1. The fraction of sp³-hybridized carbons (Fsp3) is 0.206. The fourth-order valence-electron chi connectivity index (χ4n) is 4.94. The van der Waals surface area contributed by atoms with E-state index in [9.17, 15) is 14.7 Å². The van der Waals surface area contributed by atoms with Crippen LogP contribution in [0, 0.1) is 6.92 Å². The monoisotopic (exact) mass is 532 g/mol. The largest absolute Gasteiger partial charge is 0.507 e. The number of hydrogen-bond donors (Lipinski definition) is 1. The van der Waals surface area contributed by atoms with Gasteiger partial charge in [-0.15, -0.1) is 0 Å². The van der Waals surface area contributed by atoms with Crippen molar-refractivity contribution in [3.05, 3.63) is 136 Å². The molecule has 40 heavy (non-hydrogen) atoms. The SMILES string of the molecule is Cc1ccccc1COc1ccc(C(O)=C2C(=O)C(=O)N(Cc3ccncc3)C2c2ccc(C(C)C)cc2)cc1. The molecule has 6 nitrogen and oxygen atoms in total. The molecule has 0 saturated carbocycles. The van der Waals surface area contributed by atoms with Gasteiger partial charge < -0.3 is 14.7 Å². The number of ether oxygens (including phenoxy) is 1. The Balaban J connectivity index is 1.48. The molecule has 0 radical (unpaired) electrons. The zero-order chi connectivity index (χ0) is 28.2. The van der Waals surface area contributed by atoms with Crippen LogP contribution >= 0.6 is 0 Å². The number of likely N-dealkylation sites (tertiary alicyclic amines) is 1. The summed E-state index contributed by atoms with van der Waals surface area (Å²) in [5, 5.41) is 11.4. The van der Waals surface area contributed by atoms with Crippen LogP contribution in [0.1, 0.15) is 59.2 Å². The van der Waals surface area contributed by atoms with E-state index in [4.69, 9.17) is 4.74 Å². The number of carbonyl (C=O) groups is 2. The minimum absolute atomic E-state index is 0.0740. The lowest BCUT2D eigenvalue weighted by molar-refractivity contribution is -0.140. The van der Waals surface area contributed by atoms with E-state index in [-0.39, 0.29) is 17.9 Å². The maximum Gasteiger partial charge on any atom is 0.295 e. The molecule has 6 heteroatoms. The van der Waals surface area contributed by atoms with E-state index in [0.29, 0.717) is 23.8 Å². The predicted octanol–water partition coefficient (Wildman–Crippen LogP) is 6.71. The highest BCUT2D eigenvalue weighted by molar-refractivity contribution is 6.46. The van der Waals surface area contributed by atoms with E-state index >= 15 is 0 Å². The van der Waals surface area contributed by atoms with Crippen molar-refractivity contribution in [1.29, 1.82) is 0 Å². The second-order valence-electron chi connectivity index (χ2n) is 10.3. The second kappa shape index (κ2) is 11.6. The summed E-state index contributed by atoms with van der Waals surface area (Å²) in [6, 6.07) is 25.7. The maximum absolute atomic E-state index is 13.4. The summed E-state index contributed by atoms with van der Waals surface area (Å²) in [6.45, 7) is 6.89. The first-order chi connectivity index (χ1) is 19.3. The Morgan fingerprint density at radius 3 is 2.25 bits per heavy atom. The quantitative estimate of drug-likeness (QED) is 0.155. The Morgan fingerprint density at radius 1 is 0.925 bits per heavy atom. The van der Waals surface area contributed by atoms with Crippen molar-refractivity contribution >= 4 is 17.4 Å². The average Bonchev–Trinajstić information content (AvgIpc) is 3.22. The molecule has 4 aromatic rings. The zero-order valence-electron chi connectivity index (χ0n) is 22.9. The van der Waals surface area contributed by atoms with Gasteiger partial charge in [0.2, 0.25) is 0 Å². The normalized spacial score (nSPS) is 16.5. The highest BCUT2D eigenvalue weighted by Crippen LogP contribution is 2.40. The Hall–Kier alpha value is -4.71. The van der Waals surface area contributed by atoms with E-state index in [2.05, 4.69) is 18.8 Å². The number of pyridine rings is 1. The van der Waals surface area contributed by atoms with Gasteiger partial charge in [-0.2, -0.15) is 0 Å². The van der Waals surface area contributed by atoms with E-state index in [0.717, 1.165) is 27.8 Å². The molecule has 1 amide bonds. The van der Waals surface area contributed by atoms with E-state index in [1.807, 2.05) is 67.6 Å². The van der Waals surface area contributed by atoms with Crippen LogP contribution in [0.15, 0.2) is 103 Å². The van der Waals surface area contributed by atoms with Gasteiger partial charge in [0.1, 0.15) is 18.1 Å². The molecule has 1 aliphatic rings. The van der Waals surface area contributed by atoms with Gasteiger partial charge in [-0.3, -0.25) is 14.6 Å². The van der Waals surface area contributed by atoms with Crippen LogP contribution in [0.2, 0.25) is 0 Å². The maximum atomic E-state index is 13.4. The van der Waals surface area contributed by atoms with Crippen molar-refractivity contribution in [2.24, 2.45) is 0 Å². The lowest BCUT2D eigenvalue weighted by Crippen LogP contribution is -2.29. The molecule has 0 spiro atoms. The number of aromatic nitrogens is 1. The van der Waals surface area contributed by atoms with Crippen molar-refractivity contribution < 1.29 is 19.4 Å². The number of aliphatic hydroxyl groups excluding tert-OH is 1. The van der Waals surface area contributed by atoms with Gasteiger partial charge in [0.25, 0.3) is 11.7 Å². The van der Waals surface area contributed by atoms with E-state index in [1.54, 1.807) is 36.7 Å². The number of rotatable bonds is 8. The number of hydrogen-bond acceptors (Lipinski definition) is 5. The minimum atomic E-state index is -0.730. The molecule has 2 heterocycles. The summed E-state index contributed by atoms with van der Waals surface area (Å²) in [6.07, 6.45) is 3.31. The van der Waals surface area contributed by atoms with Gasteiger partial charge in [0, 0.05) is 24.5 Å². The zero-order valence-corrected chi connectivity index (χ0v) is 22.9. The topological polar surface area (TPSA) is 79.7 Å². The number of nitrogens with zero attached hydrogens (tertiary/aromatic N) is 2. The summed E-state index contributed by atoms with van der Waals surface area (Å²) in [4.78, 5) is 32.3. The van der Waals surface area contributed by atoms with Crippen LogP contribution in [0.4, 0.5) is 0 Å². The molecule has 0 bridgehead atoms. The third-order valence-electron chi connectivity index (χ3n) is 7.34. The molecule has 1 atom stereocenters. The highest BCUT2D eigenvalue weighted by Gasteiger charge is 2.46. The molecule has 5 rings (SSSR count). The Bertz CT molecular complexity index is 1540. The van der Waals surface area contributed by atoms with Crippen molar-refractivity contribution in [2.75, 3.05) is 0 Å². The Kier molecular flexibility index (Phi) is 7.78. The minimum Gasteiger partial charge on any atom is -0.507 e. The summed E-state index contributed by atoms with van der Waals surface area (Å²) in [5.41, 5.74) is 5.50. The third-order valence-corrected chi connectivity index (χ3v) is 7.34. The van der Waals surface area contributed by atoms with Gasteiger partial charge in [-0.05, 0) is 77.1 Å². The van der Waals surface area contributed by atoms with Crippen LogP contribution in [0.3, 0.4) is 0 Å². The van der Waals surface area contributed by atoms with Crippen LogP contribution in [-0.2, 0) is 22.7 Å². The Labute approximate surface area is 234 Å².